The molecule has 0 atom stereocenters. The first-order valence-corrected chi connectivity index (χ1v) is 14.1. The van der Waals surface area contributed by atoms with Crippen molar-refractivity contribution >= 4 is 38.9 Å². The SMILES string of the molecule is COc1ccc(S(=O)(=O)N(CC(=O)N2CCN(c3cccc(C(F)(F)F)c3)CC2)c2ccc(F)c(Cl)c2)cc1OC. The number of piperazine rings is 1. The Morgan fingerprint density at radius 1 is 0.951 bits per heavy atom. The number of hydrogen-bond acceptors (Lipinski definition) is 6. The third kappa shape index (κ3) is 6.62. The highest BCUT2D eigenvalue weighted by Crippen LogP contribution is 2.34. The van der Waals surface area contributed by atoms with Crippen LogP contribution >= 0.6 is 11.6 Å². The van der Waals surface area contributed by atoms with Crippen LogP contribution < -0.4 is 18.7 Å². The molecule has 1 saturated heterocycles. The van der Waals surface area contributed by atoms with E-state index in [-0.39, 0.29) is 53.3 Å². The molecule has 1 heterocycles. The predicted molar refractivity (Wildman–Crippen MR) is 146 cm³/mol. The third-order valence-corrected chi connectivity index (χ3v) is 8.64. The van der Waals surface area contributed by atoms with Gasteiger partial charge in [-0.05, 0) is 48.5 Å². The van der Waals surface area contributed by atoms with Gasteiger partial charge in [0.25, 0.3) is 10.0 Å². The lowest BCUT2D eigenvalue weighted by Crippen LogP contribution is -2.52. The van der Waals surface area contributed by atoms with Gasteiger partial charge in [0, 0.05) is 37.9 Å². The fourth-order valence-corrected chi connectivity index (χ4v) is 5.97. The lowest BCUT2D eigenvalue weighted by Gasteiger charge is -2.37. The minimum atomic E-state index is -4.49. The molecule has 0 N–H and O–H groups in total. The first-order valence-electron chi connectivity index (χ1n) is 12.2. The number of alkyl halides is 3. The van der Waals surface area contributed by atoms with Gasteiger partial charge in [-0.2, -0.15) is 13.2 Å². The van der Waals surface area contributed by atoms with E-state index in [0.717, 1.165) is 28.6 Å². The molecule has 0 aliphatic carbocycles. The number of anilines is 2. The maximum atomic E-state index is 13.9. The summed E-state index contributed by atoms with van der Waals surface area (Å²) in [6, 6.07) is 12.1. The summed E-state index contributed by atoms with van der Waals surface area (Å²) in [5.41, 5.74) is -0.449. The second kappa shape index (κ2) is 12.0. The molecule has 220 valence electrons. The molecule has 1 amide bonds. The van der Waals surface area contributed by atoms with E-state index in [9.17, 15) is 30.8 Å². The number of carbonyl (C=O) groups excluding carboxylic acids is 1. The van der Waals surface area contributed by atoms with Gasteiger partial charge >= 0.3 is 6.18 Å². The minimum Gasteiger partial charge on any atom is -0.493 e. The Labute approximate surface area is 239 Å². The van der Waals surface area contributed by atoms with E-state index in [0.29, 0.717) is 5.69 Å². The number of sulfonamides is 1. The van der Waals surface area contributed by atoms with Gasteiger partial charge in [-0.3, -0.25) is 9.10 Å². The van der Waals surface area contributed by atoms with Crippen LogP contribution in [0.2, 0.25) is 5.02 Å². The van der Waals surface area contributed by atoms with E-state index in [2.05, 4.69) is 0 Å². The average Bonchev–Trinajstić information content (AvgIpc) is 2.96. The molecular formula is C27H26ClF4N3O5S. The van der Waals surface area contributed by atoms with Crippen LogP contribution in [0.1, 0.15) is 5.56 Å². The summed E-state index contributed by atoms with van der Waals surface area (Å²) < 4.78 is 92.1. The van der Waals surface area contributed by atoms with Crippen LogP contribution in [-0.4, -0.2) is 66.2 Å². The van der Waals surface area contributed by atoms with E-state index in [1.807, 2.05) is 0 Å². The molecule has 8 nitrogen and oxygen atoms in total. The summed E-state index contributed by atoms with van der Waals surface area (Å²) in [6.07, 6.45) is -4.49. The quantitative estimate of drug-likeness (QED) is 0.330. The topological polar surface area (TPSA) is 79.4 Å². The summed E-state index contributed by atoms with van der Waals surface area (Å²) in [6.45, 7) is 0.116. The number of methoxy groups -OCH3 is 2. The summed E-state index contributed by atoms with van der Waals surface area (Å²) >= 11 is 5.94. The number of hydrogen-bond donors (Lipinski definition) is 0. The van der Waals surface area contributed by atoms with Crippen molar-refractivity contribution in [3.8, 4) is 11.5 Å². The van der Waals surface area contributed by atoms with Crippen molar-refractivity contribution in [1.29, 1.82) is 0 Å². The lowest BCUT2D eigenvalue weighted by atomic mass is 10.1. The normalized spacial score (nSPS) is 14.1. The largest absolute Gasteiger partial charge is 0.493 e. The number of benzene rings is 3. The number of rotatable bonds is 8. The van der Waals surface area contributed by atoms with Crippen molar-refractivity contribution in [3.63, 3.8) is 0 Å². The molecule has 0 aromatic heterocycles. The van der Waals surface area contributed by atoms with Gasteiger partial charge in [0.1, 0.15) is 12.4 Å². The van der Waals surface area contributed by atoms with Crippen LogP contribution in [0.5, 0.6) is 11.5 Å². The van der Waals surface area contributed by atoms with Gasteiger partial charge in [0.05, 0.1) is 35.4 Å². The molecule has 3 aromatic carbocycles. The predicted octanol–water partition coefficient (Wildman–Crippen LogP) is 5.06. The Kier molecular flexibility index (Phi) is 8.88. The van der Waals surface area contributed by atoms with E-state index in [1.54, 1.807) is 11.0 Å². The van der Waals surface area contributed by atoms with Gasteiger partial charge in [0.2, 0.25) is 5.91 Å². The monoisotopic (exact) mass is 615 g/mol. The fraction of sp³-hybridized carbons (Fsp3) is 0.296. The van der Waals surface area contributed by atoms with Crippen LogP contribution in [0, 0.1) is 5.82 Å². The number of halogens is 5. The van der Waals surface area contributed by atoms with Gasteiger partial charge in [0.15, 0.2) is 11.5 Å². The molecule has 1 aliphatic rings. The van der Waals surface area contributed by atoms with Crippen molar-refractivity contribution in [2.75, 3.05) is 56.1 Å². The maximum Gasteiger partial charge on any atom is 0.416 e. The van der Waals surface area contributed by atoms with E-state index >= 15 is 0 Å². The third-order valence-electron chi connectivity index (χ3n) is 6.58. The molecule has 1 aliphatic heterocycles. The summed E-state index contributed by atoms with van der Waals surface area (Å²) in [7, 11) is -1.66. The number of nitrogens with zero attached hydrogens (tertiary/aromatic N) is 3. The summed E-state index contributed by atoms with van der Waals surface area (Å²) in [5.74, 6) is -0.894. The highest BCUT2D eigenvalue weighted by atomic mass is 35.5. The number of amides is 1. The standard InChI is InChI=1S/C27H26ClF4N3O5S/c1-39-24-9-7-21(16-25(24)40-2)41(37,38)35(20-6-8-23(29)22(28)15-20)17-26(36)34-12-10-33(11-13-34)19-5-3-4-18(14-19)27(30,31)32/h3-9,14-16H,10-13,17H2,1-2H3. The van der Waals surface area contributed by atoms with Crippen LogP contribution in [0.4, 0.5) is 28.9 Å². The van der Waals surface area contributed by atoms with E-state index in [1.165, 1.54) is 49.5 Å². The van der Waals surface area contributed by atoms with Crippen LogP contribution in [0.3, 0.4) is 0 Å². The lowest BCUT2D eigenvalue weighted by molar-refractivity contribution is -0.137. The van der Waals surface area contributed by atoms with E-state index in [4.69, 9.17) is 21.1 Å². The molecule has 0 bridgehead atoms. The smallest absolute Gasteiger partial charge is 0.416 e. The highest BCUT2D eigenvalue weighted by molar-refractivity contribution is 7.92. The number of carbonyl (C=O) groups is 1. The molecule has 3 aromatic rings. The van der Waals surface area contributed by atoms with Gasteiger partial charge in [-0.15, -0.1) is 0 Å². The van der Waals surface area contributed by atoms with Gasteiger partial charge < -0.3 is 19.3 Å². The van der Waals surface area contributed by atoms with Crippen molar-refractivity contribution < 1.29 is 40.2 Å². The Balaban J connectivity index is 1.57. The molecular weight excluding hydrogens is 590 g/mol. The van der Waals surface area contributed by atoms with Crippen molar-refractivity contribution in [2.45, 2.75) is 11.1 Å². The molecule has 4 rings (SSSR count). The zero-order chi connectivity index (χ0) is 29.9. The fourth-order valence-electron chi connectivity index (χ4n) is 4.38. The molecule has 0 saturated carbocycles. The van der Waals surface area contributed by atoms with Crippen molar-refractivity contribution in [1.82, 2.24) is 4.90 Å². The van der Waals surface area contributed by atoms with Crippen LogP contribution in [0.25, 0.3) is 0 Å². The first kappa shape index (κ1) is 30.3. The maximum absolute atomic E-state index is 13.9. The Morgan fingerprint density at radius 2 is 1.63 bits per heavy atom. The van der Waals surface area contributed by atoms with Crippen LogP contribution in [0.15, 0.2) is 65.6 Å². The Morgan fingerprint density at radius 3 is 2.24 bits per heavy atom. The molecule has 1 fully saturated rings. The molecule has 41 heavy (non-hydrogen) atoms. The van der Waals surface area contributed by atoms with Gasteiger partial charge in [-0.25, -0.2) is 12.8 Å². The highest BCUT2D eigenvalue weighted by Gasteiger charge is 2.33. The molecule has 0 unspecified atom stereocenters. The average molecular weight is 616 g/mol. The van der Waals surface area contributed by atoms with E-state index < -0.39 is 40.0 Å². The molecule has 14 heteroatoms. The summed E-state index contributed by atoms with van der Waals surface area (Å²) in [4.78, 5) is 16.3. The zero-order valence-electron chi connectivity index (χ0n) is 22.0. The summed E-state index contributed by atoms with van der Waals surface area (Å²) in [5, 5.41) is -0.336. The second-order valence-electron chi connectivity index (χ2n) is 9.04. The van der Waals surface area contributed by atoms with Crippen molar-refractivity contribution in [2.24, 2.45) is 0 Å². The second-order valence-corrected chi connectivity index (χ2v) is 11.3. The Bertz CT molecular complexity index is 1530. The van der Waals surface area contributed by atoms with Crippen LogP contribution in [-0.2, 0) is 21.0 Å². The van der Waals surface area contributed by atoms with Crippen molar-refractivity contribution in [3.05, 3.63) is 77.1 Å². The van der Waals surface area contributed by atoms with Gasteiger partial charge in [-0.1, -0.05) is 17.7 Å². The number of ether oxygens (including phenoxy) is 2. The molecule has 0 radical (unpaired) electrons. The Hall–Kier alpha value is -3.71. The minimum absolute atomic E-state index is 0.0397. The zero-order valence-corrected chi connectivity index (χ0v) is 23.6. The molecule has 0 spiro atoms. The first-order chi connectivity index (χ1) is 19.3.